The average Bonchev–Trinajstić information content (AvgIpc) is 2.62. The third kappa shape index (κ3) is 3.79. The van der Waals surface area contributed by atoms with Crippen molar-refractivity contribution in [1.29, 1.82) is 0 Å². The van der Waals surface area contributed by atoms with E-state index in [0.717, 1.165) is 12.1 Å². The van der Waals surface area contributed by atoms with Crippen molar-refractivity contribution in [3.8, 4) is 0 Å². The van der Waals surface area contributed by atoms with Crippen LogP contribution in [0.4, 0.5) is 17.5 Å². The number of anilines is 3. The third-order valence-electron chi connectivity index (χ3n) is 4.14. The van der Waals surface area contributed by atoms with Gasteiger partial charge in [0.15, 0.2) is 5.82 Å². The van der Waals surface area contributed by atoms with Crippen LogP contribution in [0.5, 0.6) is 0 Å². The van der Waals surface area contributed by atoms with Crippen LogP contribution in [0.15, 0.2) is 30.5 Å². The number of benzene rings is 1. The molecule has 1 amide bonds. The van der Waals surface area contributed by atoms with Gasteiger partial charge in [0.1, 0.15) is 0 Å². The Bertz CT molecular complexity index is 680. The monoisotopic (exact) mass is 326 g/mol. The maximum absolute atomic E-state index is 10.8. The van der Waals surface area contributed by atoms with Crippen molar-refractivity contribution in [2.45, 2.75) is 19.8 Å². The Labute approximate surface area is 141 Å². The quantitative estimate of drug-likeness (QED) is 0.847. The number of nitrogens with zero attached hydrogens (tertiary/aromatic N) is 5. The molecule has 0 spiro atoms. The molecule has 7 heteroatoms. The first-order valence-electron chi connectivity index (χ1n) is 8.16. The molecule has 2 heterocycles. The molecule has 1 aromatic carbocycles. The number of hydrogen-bond acceptors (Lipinski definition) is 6. The largest absolute Gasteiger partial charge is 0.342 e. The first kappa shape index (κ1) is 16.2. The predicted octanol–water partition coefficient (Wildman–Crippen LogP) is 2.02. The lowest BCUT2D eigenvalue weighted by molar-refractivity contribution is -0.118. The van der Waals surface area contributed by atoms with Gasteiger partial charge in [-0.3, -0.25) is 4.79 Å². The summed E-state index contributed by atoms with van der Waals surface area (Å²) in [5.74, 6) is 1.76. The van der Waals surface area contributed by atoms with Gasteiger partial charge in [0.25, 0.3) is 0 Å². The summed E-state index contributed by atoms with van der Waals surface area (Å²) in [7, 11) is 0. The van der Waals surface area contributed by atoms with Crippen LogP contribution in [0.1, 0.15) is 25.3 Å². The van der Waals surface area contributed by atoms with Crippen LogP contribution in [0.25, 0.3) is 0 Å². The summed E-state index contributed by atoms with van der Waals surface area (Å²) in [6.45, 7) is 7.14. The molecular formula is C17H22N6O. The fourth-order valence-electron chi connectivity index (χ4n) is 2.61. The van der Waals surface area contributed by atoms with Crippen molar-refractivity contribution in [2.75, 3.05) is 36.4 Å². The number of carbonyl (C=O) groups is 1. The van der Waals surface area contributed by atoms with Crippen molar-refractivity contribution in [3.05, 3.63) is 36.0 Å². The zero-order valence-corrected chi connectivity index (χ0v) is 14.0. The van der Waals surface area contributed by atoms with E-state index in [-0.39, 0.29) is 0 Å². The lowest BCUT2D eigenvalue weighted by atomic mass is 10.0. The molecule has 7 nitrogen and oxygen atoms in total. The normalized spacial score (nSPS) is 14.8. The van der Waals surface area contributed by atoms with Crippen LogP contribution in [0.3, 0.4) is 0 Å². The summed E-state index contributed by atoms with van der Waals surface area (Å²) < 4.78 is 0. The van der Waals surface area contributed by atoms with Gasteiger partial charge in [0.05, 0.1) is 6.20 Å². The maximum Gasteiger partial charge on any atom is 0.247 e. The van der Waals surface area contributed by atoms with Gasteiger partial charge in [-0.15, -0.1) is 5.10 Å². The Morgan fingerprint density at radius 2 is 1.83 bits per heavy atom. The van der Waals surface area contributed by atoms with Crippen molar-refractivity contribution < 1.29 is 4.79 Å². The number of amides is 1. The molecule has 1 N–H and O–H groups in total. The standard InChI is InChI=1S/C17H22N6O/c1-13(2)14-3-5-15(6-4-14)19-16-11-18-21-17(20-16)23-9-7-22(12-24)8-10-23/h3-6,11-13H,7-10H2,1-2H3,(H,19,20,21). The molecule has 0 bridgehead atoms. The summed E-state index contributed by atoms with van der Waals surface area (Å²) in [6, 6.07) is 8.31. The molecule has 1 saturated heterocycles. The number of nitrogens with one attached hydrogen (secondary N) is 1. The Morgan fingerprint density at radius 3 is 2.46 bits per heavy atom. The minimum absolute atomic E-state index is 0.511. The van der Waals surface area contributed by atoms with Crippen LogP contribution in [0.2, 0.25) is 0 Å². The second-order valence-corrected chi connectivity index (χ2v) is 6.17. The smallest absolute Gasteiger partial charge is 0.247 e. The molecule has 0 aliphatic carbocycles. The lowest BCUT2D eigenvalue weighted by Crippen LogP contribution is -2.46. The third-order valence-corrected chi connectivity index (χ3v) is 4.14. The summed E-state index contributed by atoms with van der Waals surface area (Å²) in [4.78, 5) is 19.1. The Kier molecular flexibility index (Phi) is 4.88. The molecule has 0 atom stereocenters. The van der Waals surface area contributed by atoms with Gasteiger partial charge in [0, 0.05) is 31.9 Å². The van der Waals surface area contributed by atoms with Gasteiger partial charge in [-0.1, -0.05) is 26.0 Å². The summed E-state index contributed by atoms with van der Waals surface area (Å²) >= 11 is 0. The predicted molar refractivity (Wildman–Crippen MR) is 93.5 cm³/mol. The highest BCUT2D eigenvalue weighted by Crippen LogP contribution is 2.20. The topological polar surface area (TPSA) is 74.2 Å². The number of carbonyl (C=O) groups excluding carboxylic acids is 1. The van der Waals surface area contributed by atoms with E-state index < -0.39 is 0 Å². The van der Waals surface area contributed by atoms with Gasteiger partial charge in [-0.25, -0.2) is 0 Å². The first-order chi connectivity index (χ1) is 11.7. The number of aromatic nitrogens is 3. The molecular weight excluding hydrogens is 304 g/mol. The van der Waals surface area contributed by atoms with Crippen LogP contribution in [-0.4, -0.2) is 52.7 Å². The van der Waals surface area contributed by atoms with Crippen molar-refractivity contribution in [1.82, 2.24) is 20.1 Å². The van der Waals surface area contributed by atoms with Gasteiger partial charge < -0.3 is 15.1 Å². The highest BCUT2D eigenvalue weighted by Gasteiger charge is 2.18. The van der Waals surface area contributed by atoms with E-state index >= 15 is 0 Å². The summed E-state index contributed by atoms with van der Waals surface area (Å²) in [6.07, 6.45) is 2.50. The van der Waals surface area contributed by atoms with Crippen molar-refractivity contribution >= 4 is 23.9 Å². The molecule has 0 radical (unpaired) electrons. The van der Waals surface area contributed by atoms with Crippen LogP contribution in [-0.2, 0) is 4.79 Å². The second-order valence-electron chi connectivity index (χ2n) is 6.17. The zero-order chi connectivity index (χ0) is 16.9. The second kappa shape index (κ2) is 7.25. The molecule has 1 aliphatic heterocycles. The van der Waals surface area contributed by atoms with Gasteiger partial charge in [-0.2, -0.15) is 10.1 Å². The Hall–Kier alpha value is -2.70. The van der Waals surface area contributed by atoms with Crippen LogP contribution >= 0.6 is 0 Å². The highest BCUT2D eigenvalue weighted by atomic mass is 16.1. The number of piperazine rings is 1. The van der Waals surface area contributed by atoms with E-state index in [1.807, 2.05) is 17.0 Å². The SMILES string of the molecule is CC(C)c1ccc(Nc2cnnc(N3CCN(C=O)CC3)n2)cc1. The maximum atomic E-state index is 10.8. The minimum atomic E-state index is 0.511. The fraction of sp³-hybridized carbons (Fsp3) is 0.412. The molecule has 1 fully saturated rings. The molecule has 0 unspecified atom stereocenters. The minimum Gasteiger partial charge on any atom is -0.342 e. The molecule has 2 aromatic rings. The van der Waals surface area contributed by atoms with Gasteiger partial charge >= 0.3 is 0 Å². The Balaban J connectivity index is 1.68. The molecule has 1 aromatic heterocycles. The molecule has 0 saturated carbocycles. The first-order valence-corrected chi connectivity index (χ1v) is 8.16. The number of hydrogen-bond donors (Lipinski definition) is 1. The van der Waals surface area contributed by atoms with Gasteiger partial charge in [-0.05, 0) is 23.6 Å². The summed E-state index contributed by atoms with van der Waals surface area (Å²) in [5, 5.41) is 11.4. The number of rotatable bonds is 5. The fourth-order valence-corrected chi connectivity index (χ4v) is 2.61. The summed E-state index contributed by atoms with van der Waals surface area (Å²) in [5.41, 5.74) is 2.27. The lowest BCUT2D eigenvalue weighted by Gasteiger charge is -2.32. The van der Waals surface area contributed by atoms with E-state index in [9.17, 15) is 4.79 Å². The zero-order valence-electron chi connectivity index (χ0n) is 14.0. The van der Waals surface area contributed by atoms with E-state index in [1.54, 1.807) is 11.1 Å². The molecule has 1 aliphatic rings. The van der Waals surface area contributed by atoms with Crippen LogP contribution < -0.4 is 10.2 Å². The highest BCUT2D eigenvalue weighted by molar-refractivity contribution is 5.57. The van der Waals surface area contributed by atoms with Crippen molar-refractivity contribution in [3.63, 3.8) is 0 Å². The van der Waals surface area contributed by atoms with E-state index in [0.29, 0.717) is 43.9 Å². The van der Waals surface area contributed by atoms with E-state index in [2.05, 4.69) is 46.5 Å². The van der Waals surface area contributed by atoms with E-state index in [4.69, 9.17) is 0 Å². The van der Waals surface area contributed by atoms with Gasteiger partial charge in [0.2, 0.25) is 12.4 Å². The molecule has 3 rings (SSSR count). The van der Waals surface area contributed by atoms with E-state index in [1.165, 1.54) is 5.56 Å². The molecule has 24 heavy (non-hydrogen) atoms. The van der Waals surface area contributed by atoms with Crippen molar-refractivity contribution in [2.24, 2.45) is 0 Å². The molecule has 126 valence electrons. The van der Waals surface area contributed by atoms with Crippen LogP contribution in [0, 0.1) is 0 Å². The Morgan fingerprint density at radius 1 is 1.12 bits per heavy atom. The average molecular weight is 326 g/mol.